The Morgan fingerprint density at radius 3 is 2.75 bits per heavy atom. The Labute approximate surface area is 55.1 Å². The van der Waals surface area contributed by atoms with Gasteiger partial charge in [0.2, 0.25) is 0 Å². The molecule has 8 heavy (non-hydrogen) atoms. The zero-order valence-electron chi connectivity index (χ0n) is 5.14. The lowest BCUT2D eigenvalue weighted by molar-refractivity contribution is 1.21. The molecular formula is C6H9NS. The average Bonchev–Trinajstić information content (AvgIpc) is 1.66. The summed E-state index contributed by atoms with van der Waals surface area (Å²) < 4.78 is 0. The van der Waals surface area contributed by atoms with E-state index in [0.29, 0.717) is 6.54 Å². The number of rotatable bonds is 2. The van der Waals surface area contributed by atoms with Crippen molar-refractivity contribution in [2.45, 2.75) is 13.8 Å². The summed E-state index contributed by atoms with van der Waals surface area (Å²) in [6.07, 6.45) is 2.00. The van der Waals surface area contributed by atoms with E-state index in [-0.39, 0.29) is 0 Å². The van der Waals surface area contributed by atoms with Crippen molar-refractivity contribution in [3.63, 3.8) is 0 Å². The second-order valence-electron chi connectivity index (χ2n) is 1.71. The van der Waals surface area contributed by atoms with Crippen LogP contribution in [0, 0.1) is 0 Å². The predicted molar refractivity (Wildman–Crippen MR) is 39.3 cm³/mol. The van der Waals surface area contributed by atoms with Crippen LogP contribution in [0.4, 0.5) is 0 Å². The zero-order chi connectivity index (χ0) is 6.41. The van der Waals surface area contributed by atoms with E-state index in [9.17, 15) is 0 Å². The van der Waals surface area contributed by atoms with Crippen LogP contribution in [-0.4, -0.2) is 11.7 Å². The van der Waals surface area contributed by atoms with Crippen LogP contribution in [0.3, 0.4) is 0 Å². The molecule has 0 aliphatic heterocycles. The second-order valence-corrected chi connectivity index (χ2v) is 1.90. The third kappa shape index (κ3) is 5.54. The van der Waals surface area contributed by atoms with Gasteiger partial charge in [0.05, 0.1) is 11.7 Å². The van der Waals surface area contributed by atoms with Crippen molar-refractivity contribution in [1.82, 2.24) is 0 Å². The van der Waals surface area contributed by atoms with Gasteiger partial charge in [0.25, 0.3) is 0 Å². The van der Waals surface area contributed by atoms with Crippen molar-refractivity contribution in [1.29, 1.82) is 0 Å². The van der Waals surface area contributed by atoms with Crippen LogP contribution in [0.25, 0.3) is 0 Å². The van der Waals surface area contributed by atoms with Gasteiger partial charge in [-0.25, -0.2) is 4.99 Å². The van der Waals surface area contributed by atoms with Crippen LogP contribution in [-0.2, 0) is 0 Å². The van der Waals surface area contributed by atoms with Crippen LogP contribution >= 0.6 is 12.2 Å². The Morgan fingerprint density at radius 1 is 1.75 bits per heavy atom. The third-order valence-corrected chi connectivity index (χ3v) is 0.784. The molecule has 0 aliphatic rings. The molecule has 0 heterocycles. The molecule has 0 N–H and O–H groups in total. The van der Waals surface area contributed by atoms with Crippen molar-refractivity contribution < 1.29 is 0 Å². The minimum Gasteiger partial charge on any atom is -0.228 e. The molecule has 0 atom stereocenters. The predicted octanol–water partition coefficient (Wildman–Crippen LogP) is 2.06. The summed E-state index contributed by atoms with van der Waals surface area (Å²) in [6.45, 7) is 4.73. The fraction of sp³-hybridized carbons (Fsp3) is 0.500. The summed E-state index contributed by atoms with van der Waals surface area (Å²) in [4.78, 5) is 3.70. The lowest BCUT2D eigenvalue weighted by Crippen LogP contribution is -1.70. The smallest absolute Gasteiger partial charge is 0.0676 e. The standard InChI is InChI=1S/C6H9NS/c1-6(2)3-4-7-5-8/h3H,4H2,1-2H3. The van der Waals surface area contributed by atoms with Crippen molar-refractivity contribution in [2.75, 3.05) is 6.54 Å². The zero-order valence-corrected chi connectivity index (χ0v) is 5.96. The maximum absolute atomic E-state index is 4.36. The molecule has 0 fully saturated rings. The van der Waals surface area contributed by atoms with E-state index >= 15 is 0 Å². The number of aliphatic imine (C=N–C) groups is 1. The van der Waals surface area contributed by atoms with E-state index in [4.69, 9.17) is 0 Å². The Bertz CT molecular complexity index is 127. The first-order valence-corrected chi connectivity index (χ1v) is 2.85. The number of thiocarbonyl (C=S) groups is 1. The van der Waals surface area contributed by atoms with E-state index in [1.165, 1.54) is 5.57 Å². The molecule has 0 unspecified atom stereocenters. The highest BCUT2D eigenvalue weighted by molar-refractivity contribution is 7.78. The average molecular weight is 127 g/mol. The molecule has 44 valence electrons. The van der Waals surface area contributed by atoms with Crippen LogP contribution < -0.4 is 0 Å². The minimum atomic E-state index is 0.672. The number of hydrogen-bond donors (Lipinski definition) is 0. The van der Waals surface area contributed by atoms with Gasteiger partial charge in [-0.15, -0.1) is 0 Å². The number of hydrogen-bond acceptors (Lipinski definition) is 2. The van der Waals surface area contributed by atoms with Crippen LogP contribution in [0.5, 0.6) is 0 Å². The van der Waals surface area contributed by atoms with Gasteiger partial charge >= 0.3 is 0 Å². The van der Waals surface area contributed by atoms with Gasteiger partial charge in [0.1, 0.15) is 0 Å². The fourth-order valence-corrected chi connectivity index (χ4v) is 0.340. The molecule has 0 aromatic rings. The van der Waals surface area contributed by atoms with E-state index in [1.807, 2.05) is 19.9 Å². The van der Waals surface area contributed by atoms with Crippen LogP contribution in [0.15, 0.2) is 16.6 Å². The molecule has 0 radical (unpaired) electrons. The molecule has 0 aromatic heterocycles. The van der Waals surface area contributed by atoms with E-state index < -0.39 is 0 Å². The molecule has 2 heteroatoms. The molecular weight excluding hydrogens is 118 g/mol. The molecule has 0 aromatic carbocycles. The number of allylic oxidation sites excluding steroid dienone is 1. The monoisotopic (exact) mass is 127 g/mol. The first-order chi connectivity index (χ1) is 3.77. The summed E-state index contributed by atoms with van der Waals surface area (Å²) >= 11 is 4.36. The van der Waals surface area contributed by atoms with Gasteiger partial charge in [0.15, 0.2) is 0 Å². The van der Waals surface area contributed by atoms with E-state index in [1.54, 1.807) is 0 Å². The Morgan fingerprint density at radius 2 is 2.38 bits per heavy atom. The summed E-state index contributed by atoms with van der Waals surface area (Å²) in [7, 11) is 0. The summed E-state index contributed by atoms with van der Waals surface area (Å²) in [5.41, 5.74) is 1.26. The molecule has 0 amide bonds. The molecule has 1 nitrogen and oxygen atoms in total. The maximum Gasteiger partial charge on any atom is 0.0676 e. The molecule has 0 spiro atoms. The first kappa shape index (κ1) is 7.54. The second kappa shape index (κ2) is 4.69. The molecule has 0 rings (SSSR count). The van der Waals surface area contributed by atoms with Crippen molar-refractivity contribution in [3.05, 3.63) is 11.6 Å². The van der Waals surface area contributed by atoms with Gasteiger partial charge in [-0.05, 0) is 26.1 Å². The Balaban J connectivity index is 3.44. The first-order valence-electron chi connectivity index (χ1n) is 2.44. The van der Waals surface area contributed by atoms with E-state index in [2.05, 4.69) is 22.4 Å². The summed E-state index contributed by atoms with van der Waals surface area (Å²) in [5, 5.41) is 2.29. The van der Waals surface area contributed by atoms with Crippen LogP contribution in [0.1, 0.15) is 13.8 Å². The fourth-order valence-electron chi connectivity index (χ4n) is 0.265. The Kier molecular flexibility index (Phi) is 4.42. The molecule has 0 saturated carbocycles. The SMILES string of the molecule is CC(C)=CCN=C=S. The highest BCUT2D eigenvalue weighted by Gasteiger charge is 1.71. The van der Waals surface area contributed by atoms with Crippen molar-refractivity contribution in [2.24, 2.45) is 4.99 Å². The summed E-state index contributed by atoms with van der Waals surface area (Å²) in [6, 6.07) is 0. The van der Waals surface area contributed by atoms with Gasteiger partial charge in [0, 0.05) is 0 Å². The molecule has 0 aliphatic carbocycles. The molecule has 0 saturated heterocycles. The van der Waals surface area contributed by atoms with Crippen molar-refractivity contribution >= 4 is 17.4 Å². The lowest BCUT2D eigenvalue weighted by Gasteiger charge is -1.81. The Hall–Kier alpha value is -0.460. The van der Waals surface area contributed by atoms with Crippen LogP contribution in [0.2, 0.25) is 0 Å². The van der Waals surface area contributed by atoms with Gasteiger partial charge in [-0.1, -0.05) is 11.6 Å². The third-order valence-electron chi connectivity index (χ3n) is 0.655. The van der Waals surface area contributed by atoms with Gasteiger partial charge < -0.3 is 0 Å². The topological polar surface area (TPSA) is 12.4 Å². The normalized spacial score (nSPS) is 7.25. The minimum absolute atomic E-state index is 0.672. The highest BCUT2D eigenvalue weighted by Crippen LogP contribution is 1.86. The summed E-state index contributed by atoms with van der Waals surface area (Å²) in [5.74, 6) is 0. The lowest BCUT2D eigenvalue weighted by atomic mass is 10.3. The highest BCUT2D eigenvalue weighted by atomic mass is 32.1. The number of isothiocyanates is 1. The largest absolute Gasteiger partial charge is 0.228 e. The van der Waals surface area contributed by atoms with Crippen molar-refractivity contribution in [3.8, 4) is 0 Å². The van der Waals surface area contributed by atoms with Gasteiger partial charge in [-0.2, -0.15) is 0 Å². The maximum atomic E-state index is 4.36. The molecule has 0 bridgehead atoms. The quantitative estimate of drug-likeness (QED) is 0.314. The van der Waals surface area contributed by atoms with Gasteiger partial charge in [-0.3, -0.25) is 0 Å². The van der Waals surface area contributed by atoms with E-state index in [0.717, 1.165) is 0 Å². The number of nitrogens with zero attached hydrogens (tertiary/aromatic N) is 1.